The van der Waals surface area contributed by atoms with Gasteiger partial charge in [0.05, 0.1) is 10.6 Å². The van der Waals surface area contributed by atoms with Crippen LogP contribution in [0.15, 0.2) is 29.3 Å². The van der Waals surface area contributed by atoms with Crippen LogP contribution in [0.1, 0.15) is 37.4 Å². The number of carbonyl (C=O) groups is 2. The molecule has 0 aliphatic heterocycles. The Morgan fingerprint density at radius 3 is 2.50 bits per heavy atom. The van der Waals surface area contributed by atoms with Crippen LogP contribution in [-0.4, -0.2) is 21.8 Å². The Hall–Kier alpha value is -2.59. The van der Waals surface area contributed by atoms with Crippen molar-refractivity contribution in [1.82, 2.24) is 0 Å². The van der Waals surface area contributed by atoms with Crippen LogP contribution >= 0.6 is 11.6 Å². The first-order valence-corrected chi connectivity index (χ1v) is 7.94. The summed E-state index contributed by atoms with van der Waals surface area (Å²) in [5.41, 5.74) is 3.75. The third-order valence-electron chi connectivity index (χ3n) is 4.63. The molecule has 2 N–H and O–H groups in total. The predicted molar refractivity (Wildman–Crippen MR) is 89.9 cm³/mol. The van der Waals surface area contributed by atoms with Gasteiger partial charge in [0.1, 0.15) is 11.5 Å². The molecular weight excluding hydrogens is 328 g/mol. The molecule has 0 unspecified atom stereocenters. The number of benzene rings is 2. The van der Waals surface area contributed by atoms with Crippen molar-refractivity contribution in [2.75, 3.05) is 0 Å². The van der Waals surface area contributed by atoms with Gasteiger partial charge in [0.15, 0.2) is 5.78 Å². The molecule has 0 bridgehead atoms. The SMILES string of the molecule is Cc1cc(O)c2c(c1)CCc1c-2cc2c(c1O)C(=O)C(Cl)=CC2=O. The van der Waals surface area contributed by atoms with E-state index in [0.29, 0.717) is 29.5 Å². The van der Waals surface area contributed by atoms with E-state index in [2.05, 4.69) is 0 Å². The molecule has 2 aliphatic rings. The van der Waals surface area contributed by atoms with Gasteiger partial charge in [-0.3, -0.25) is 9.59 Å². The third-order valence-corrected chi connectivity index (χ3v) is 4.91. The number of carbonyl (C=O) groups excluding carboxylic acids is 2. The normalized spacial score (nSPS) is 15.5. The molecule has 0 saturated carbocycles. The maximum atomic E-state index is 12.3. The number of rotatable bonds is 0. The van der Waals surface area contributed by atoms with Gasteiger partial charge in [0, 0.05) is 22.8 Å². The van der Waals surface area contributed by atoms with E-state index in [0.717, 1.165) is 17.2 Å². The van der Waals surface area contributed by atoms with Crippen LogP contribution in [0.4, 0.5) is 0 Å². The molecule has 0 saturated heterocycles. The fourth-order valence-electron chi connectivity index (χ4n) is 3.60. The molecule has 0 aromatic heterocycles. The molecule has 5 heteroatoms. The van der Waals surface area contributed by atoms with Crippen LogP contribution in [0.2, 0.25) is 0 Å². The number of hydrogen-bond acceptors (Lipinski definition) is 4. The van der Waals surface area contributed by atoms with Crippen molar-refractivity contribution in [2.45, 2.75) is 19.8 Å². The molecule has 0 amide bonds. The average Bonchev–Trinajstić information content (AvgIpc) is 2.51. The smallest absolute Gasteiger partial charge is 0.208 e. The van der Waals surface area contributed by atoms with Crippen molar-refractivity contribution in [3.63, 3.8) is 0 Å². The highest BCUT2D eigenvalue weighted by Crippen LogP contribution is 2.46. The number of Topliss-reactive ketones (excluding diaryl/α,β-unsaturated/α-hetero) is 1. The summed E-state index contributed by atoms with van der Waals surface area (Å²) in [4.78, 5) is 24.5. The van der Waals surface area contributed by atoms with Crippen molar-refractivity contribution in [1.29, 1.82) is 0 Å². The van der Waals surface area contributed by atoms with Crippen LogP contribution < -0.4 is 0 Å². The Morgan fingerprint density at radius 2 is 1.75 bits per heavy atom. The van der Waals surface area contributed by atoms with Gasteiger partial charge in [-0.25, -0.2) is 0 Å². The second-order valence-electron chi connectivity index (χ2n) is 6.18. The van der Waals surface area contributed by atoms with Crippen molar-refractivity contribution >= 4 is 23.2 Å². The van der Waals surface area contributed by atoms with E-state index in [1.807, 2.05) is 13.0 Å². The summed E-state index contributed by atoms with van der Waals surface area (Å²) >= 11 is 5.81. The molecule has 4 rings (SSSR count). The Labute approximate surface area is 143 Å². The number of allylic oxidation sites excluding steroid dienone is 2. The van der Waals surface area contributed by atoms with E-state index in [1.54, 1.807) is 12.1 Å². The molecule has 0 atom stereocenters. The summed E-state index contributed by atoms with van der Waals surface area (Å²) in [5, 5.41) is 20.8. The van der Waals surface area contributed by atoms with Crippen molar-refractivity contribution < 1.29 is 19.8 Å². The van der Waals surface area contributed by atoms with Gasteiger partial charge in [-0.2, -0.15) is 0 Å². The zero-order chi connectivity index (χ0) is 17.2. The standard InChI is InChI=1S/C19H13ClO4/c1-8-4-9-2-3-10-11(16(9)15(22)5-8)6-12-14(21)7-13(20)19(24)17(12)18(10)23/h4-7,22-23H,2-3H2,1H3. The minimum Gasteiger partial charge on any atom is -0.507 e. The molecule has 2 aliphatic carbocycles. The molecule has 2 aromatic carbocycles. The molecule has 0 spiro atoms. The Bertz CT molecular complexity index is 986. The molecule has 0 heterocycles. The highest BCUT2D eigenvalue weighted by atomic mass is 35.5. The van der Waals surface area contributed by atoms with Gasteiger partial charge in [0.25, 0.3) is 0 Å². The maximum Gasteiger partial charge on any atom is 0.208 e. The number of phenols is 2. The van der Waals surface area contributed by atoms with E-state index >= 15 is 0 Å². The molecule has 0 radical (unpaired) electrons. The highest BCUT2D eigenvalue weighted by molar-refractivity contribution is 6.49. The summed E-state index contributed by atoms with van der Waals surface area (Å²) in [5.74, 6) is -1.08. The molecule has 4 nitrogen and oxygen atoms in total. The van der Waals surface area contributed by atoms with Crippen LogP contribution in [0.5, 0.6) is 11.5 Å². The summed E-state index contributed by atoms with van der Waals surface area (Å²) in [6.45, 7) is 1.90. The minimum absolute atomic E-state index is 0.0405. The predicted octanol–water partition coefficient (Wildman–Crippen LogP) is 3.67. The fourth-order valence-corrected chi connectivity index (χ4v) is 3.79. The van der Waals surface area contributed by atoms with Gasteiger partial charge in [-0.05, 0) is 48.6 Å². The van der Waals surface area contributed by atoms with E-state index in [9.17, 15) is 19.8 Å². The molecule has 0 fully saturated rings. The first kappa shape index (κ1) is 15.0. The number of hydrogen-bond donors (Lipinski definition) is 2. The molecule has 120 valence electrons. The van der Waals surface area contributed by atoms with Gasteiger partial charge in [-0.1, -0.05) is 17.7 Å². The molecule has 24 heavy (non-hydrogen) atoms. The number of halogens is 1. The maximum absolute atomic E-state index is 12.3. The van der Waals surface area contributed by atoms with Gasteiger partial charge in [-0.15, -0.1) is 0 Å². The van der Waals surface area contributed by atoms with Gasteiger partial charge >= 0.3 is 0 Å². The monoisotopic (exact) mass is 340 g/mol. The Morgan fingerprint density at radius 1 is 1.00 bits per heavy atom. The molecular formula is C19H13ClO4. The van der Waals surface area contributed by atoms with Gasteiger partial charge < -0.3 is 10.2 Å². The number of aromatic hydroxyl groups is 2. The summed E-state index contributed by atoms with van der Waals surface area (Å²) in [6, 6.07) is 5.21. The van der Waals surface area contributed by atoms with Crippen LogP contribution in [0, 0.1) is 6.92 Å². The zero-order valence-corrected chi connectivity index (χ0v) is 13.6. The summed E-state index contributed by atoms with van der Waals surface area (Å²) < 4.78 is 0. The average molecular weight is 341 g/mol. The van der Waals surface area contributed by atoms with E-state index in [-0.39, 0.29) is 27.7 Å². The van der Waals surface area contributed by atoms with E-state index in [4.69, 9.17) is 11.6 Å². The second kappa shape index (κ2) is 4.95. The van der Waals surface area contributed by atoms with E-state index < -0.39 is 11.6 Å². The highest BCUT2D eigenvalue weighted by Gasteiger charge is 2.33. The lowest BCUT2D eigenvalue weighted by atomic mass is 9.79. The largest absolute Gasteiger partial charge is 0.507 e. The minimum atomic E-state index is -0.550. The zero-order valence-electron chi connectivity index (χ0n) is 12.8. The quantitative estimate of drug-likeness (QED) is 0.767. The van der Waals surface area contributed by atoms with Crippen LogP contribution in [0.25, 0.3) is 11.1 Å². The van der Waals surface area contributed by atoms with Crippen LogP contribution in [-0.2, 0) is 12.8 Å². The van der Waals surface area contributed by atoms with Crippen LogP contribution in [0.3, 0.4) is 0 Å². The van der Waals surface area contributed by atoms with Crippen molar-refractivity contribution in [3.8, 4) is 22.6 Å². The first-order valence-electron chi connectivity index (χ1n) is 7.56. The van der Waals surface area contributed by atoms with Crippen molar-refractivity contribution in [2.24, 2.45) is 0 Å². The summed E-state index contributed by atoms with van der Waals surface area (Å²) in [7, 11) is 0. The van der Waals surface area contributed by atoms with Gasteiger partial charge in [0.2, 0.25) is 5.78 Å². The number of aryl methyl sites for hydroxylation is 2. The lowest BCUT2D eigenvalue weighted by Gasteiger charge is -2.25. The lowest BCUT2D eigenvalue weighted by Crippen LogP contribution is -2.17. The fraction of sp³-hybridized carbons (Fsp3) is 0.158. The first-order chi connectivity index (χ1) is 11.4. The summed E-state index contributed by atoms with van der Waals surface area (Å²) in [6.07, 6.45) is 2.22. The number of fused-ring (bicyclic) bond motifs is 4. The third kappa shape index (κ3) is 1.93. The molecule has 2 aromatic rings. The number of ketones is 2. The topological polar surface area (TPSA) is 74.6 Å². The second-order valence-corrected chi connectivity index (χ2v) is 6.58. The Kier molecular flexibility index (Phi) is 3.09. The van der Waals surface area contributed by atoms with Crippen molar-refractivity contribution in [3.05, 3.63) is 57.1 Å². The van der Waals surface area contributed by atoms with E-state index in [1.165, 1.54) is 0 Å². The Balaban J connectivity index is 2.06. The lowest BCUT2D eigenvalue weighted by molar-refractivity contribution is 0.0988. The number of phenolic OH excluding ortho intramolecular Hbond substituents is 2.